The number of nitrogens with one attached hydrogen (secondary N) is 1. The van der Waals surface area contributed by atoms with Gasteiger partial charge in [-0.1, -0.05) is 6.08 Å². The van der Waals surface area contributed by atoms with E-state index in [0.717, 1.165) is 0 Å². The van der Waals surface area contributed by atoms with Gasteiger partial charge in [0.15, 0.2) is 6.10 Å². The molecule has 0 saturated carbocycles. The van der Waals surface area contributed by atoms with Crippen LogP contribution in [0, 0.1) is 0 Å². The summed E-state index contributed by atoms with van der Waals surface area (Å²) in [6.07, 6.45) is 0.974. The number of carbonyl (C=O) groups excluding carboxylic acids is 2. The monoisotopic (exact) mass is 277 g/mol. The second kappa shape index (κ2) is 7.99. The van der Waals surface area contributed by atoms with Gasteiger partial charge in [0.25, 0.3) is 5.91 Å². The van der Waals surface area contributed by atoms with E-state index in [-0.39, 0.29) is 11.9 Å². The fraction of sp³-hybridized carbons (Fsp3) is 0.333. The van der Waals surface area contributed by atoms with Gasteiger partial charge in [0.2, 0.25) is 0 Å². The lowest BCUT2D eigenvalue weighted by Gasteiger charge is -2.14. The van der Waals surface area contributed by atoms with Gasteiger partial charge in [-0.3, -0.25) is 4.79 Å². The van der Waals surface area contributed by atoms with Crippen LogP contribution in [-0.2, 0) is 9.53 Å². The van der Waals surface area contributed by atoms with Crippen molar-refractivity contribution in [2.24, 2.45) is 0 Å². The Morgan fingerprint density at radius 3 is 2.55 bits per heavy atom. The number of rotatable bonds is 7. The molecule has 1 rings (SSSR count). The highest BCUT2D eigenvalue weighted by Gasteiger charge is 2.14. The fourth-order valence-corrected chi connectivity index (χ4v) is 1.46. The van der Waals surface area contributed by atoms with Gasteiger partial charge in [0.05, 0.1) is 12.2 Å². The molecule has 20 heavy (non-hydrogen) atoms. The predicted octanol–water partition coefficient (Wildman–Crippen LogP) is 1.93. The number of amides is 1. The van der Waals surface area contributed by atoms with Crippen LogP contribution in [0.2, 0.25) is 0 Å². The molecule has 0 fully saturated rings. The van der Waals surface area contributed by atoms with Gasteiger partial charge in [-0.05, 0) is 38.1 Å². The first-order valence-electron chi connectivity index (χ1n) is 6.41. The number of carbonyl (C=O) groups is 2. The predicted molar refractivity (Wildman–Crippen MR) is 75.7 cm³/mol. The van der Waals surface area contributed by atoms with E-state index in [9.17, 15) is 9.59 Å². The average molecular weight is 277 g/mol. The molecule has 1 amide bonds. The normalized spacial score (nSPS) is 11.3. The van der Waals surface area contributed by atoms with E-state index in [1.54, 1.807) is 44.2 Å². The van der Waals surface area contributed by atoms with Crippen LogP contribution in [-0.4, -0.2) is 31.1 Å². The number of hydrogen-bond acceptors (Lipinski definition) is 4. The summed E-state index contributed by atoms with van der Waals surface area (Å²) in [5, 5.41) is 2.64. The molecule has 0 aliphatic rings. The van der Waals surface area contributed by atoms with Gasteiger partial charge in [-0.15, -0.1) is 6.58 Å². The molecule has 1 N–H and O–H groups in total. The molecule has 0 saturated heterocycles. The van der Waals surface area contributed by atoms with Crippen molar-refractivity contribution in [2.75, 3.05) is 13.2 Å². The van der Waals surface area contributed by atoms with Crippen molar-refractivity contribution in [3.05, 3.63) is 42.5 Å². The Kier molecular flexibility index (Phi) is 6.29. The van der Waals surface area contributed by atoms with Crippen LogP contribution in [0.25, 0.3) is 0 Å². The first-order chi connectivity index (χ1) is 9.58. The van der Waals surface area contributed by atoms with Crippen molar-refractivity contribution in [2.45, 2.75) is 20.0 Å². The molecule has 1 unspecified atom stereocenters. The molecular formula is C15H19NO4. The van der Waals surface area contributed by atoms with Crippen molar-refractivity contribution >= 4 is 11.9 Å². The SMILES string of the molecule is C=CCNC(=O)C(C)Oc1ccc(C(=O)OCC)cc1. The zero-order valence-electron chi connectivity index (χ0n) is 11.7. The number of ether oxygens (including phenoxy) is 2. The van der Waals surface area contributed by atoms with Crippen LogP contribution in [0.5, 0.6) is 5.75 Å². The average Bonchev–Trinajstić information content (AvgIpc) is 2.45. The summed E-state index contributed by atoms with van der Waals surface area (Å²) in [7, 11) is 0. The van der Waals surface area contributed by atoms with E-state index in [1.807, 2.05) is 0 Å². The van der Waals surface area contributed by atoms with E-state index in [0.29, 0.717) is 24.5 Å². The minimum absolute atomic E-state index is 0.223. The molecule has 0 aliphatic heterocycles. The summed E-state index contributed by atoms with van der Waals surface area (Å²) in [5.41, 5.74) is 0.447. The molecular weight excluding hydrogens is 258 g/mol. The Morgan fingerprint density at radius 2 is 2.00 bits per heavy atom. The zero-order chi connectivity index (χ0) is 15.0. The molecule has 5 heteroatoms. The topological polar surface area (TPSA) is 64.6 Å². The van der Waals surface area contributed by atoms with Gasteiger partial charge in [-0.2, -0.15) is 0 Å². The summed E-state index contributed by atoms with van der Waals surface area (Å²) in [4.78, 5) is 23.1. The summed E-state index contributed by atoms with van der Waals surface area (Å²) in [6.45, 7) is 7.65. The summed E-state index contributed by atoms with van der Waals surface area (Å²) < 4.78 is 10.3. The van der Waals surface area contributed by atoms with E-state index in [2.05, 4.69) is 11.9 Å². The maximum atomic E-state index is 11.6. The van der Waals surface area contributed by atoms with E-state index in [1.165, 1.54) is 0 Å². The van der Waals surface area contributed by atoms with Crippen molar-refractivity contribution in [3.8, 4) is 5.75 Å². The van der Waals surface area contributed by atoms with Gasteiger partial charge in [0, 0.05) is 6.54 Å². The molecule has 108 valence electrons. The molecule has 0 aliphatic carbocycles. The van der Waals surface area contributed by atoms with Crippen LogP contribution >= 0.6 is 0 Å². The van der Waals surface area contributed by atoms with E-state index in [4.69, 9.17) is 9.47 Å². The Balaban J connectivity index is 2.58. The molecule has 1 atom stereocenters. The summed E-state index contributed by atoms with van der Waals surface area (Å²) in [5.74, 6) is -0.0884. The Hall–Kier alpha value is -2.30. The van der Waals surface area contributed by atoms with E-state index < -0.39 is 6.10 Å². The van der Waals surface area contributed by atoms with Gasteiger partial charge < -0.3 is 14.8 Å². The standard InChI is InChI=1S/C15H19NO4/c1-4-10-16-14(17)11(3)20-13-8-6-12(7-9-13)15(18)19-5-2/h4,6-9,11H,1,5,10H2,2-3H3,(H,16,17). The molecule has 0 heterocycles. The van der Waals surface area contributed by atoms with Crippen LogP contribution in [0.1, 0.15) is 24.2 Å². The molecule has 0 bridgehead atoms. The molecule has 5 nitrogen and oxygen atoms in total. The first kappa shape index (κ1) is 15.8. The second-order valence-electron chi connectivity index (χ2n) is 4.04. The lowest BCUT2D eigenvalue weighted by Crippen LogP contribution is -2.36. The lowest BCUT2D eigenvalue weighted by molar-refractivity contribution is -0.127. The molecule has 0 spiro atoms. The number of esters is 1. The summed E-state index contributed by atoms with van der Waals surface area (Å²) in [6, 6.07) is 6.45. The number of hydrogen-bond donors (Lipinski definition) is 1. The molecule has 0 radical (unpaired) electrons. The van der Waals surface area contributed by atoms with Gasteiger partial charge in [-0.25, -0.2) is 4.79 Å². The van der Waals surface area contributed by atoms with Crippen LogP contribution in [0.4, 0.5) is 0 Å². The van der Waals surface area contributed by atoms with Crippen molar-refractivity contribution < 1.29 is 19.1 Å². The lowest BCUT2D eigenvalue weighted by atomic mass is 10.2. The maximum Gasteiger partial charge on any atom is 0.338 e. The van der Waals surface area contributed by atoms with Crippen LogP contribution < -0.4 is 10.1 Å². The first-order valence-corrected chi connectivity index (χ1v) is 6.41. The smallest absolute Gasteiger partial charge is 0.338 e. The van der Waals surface area contributed by atoms with Crippen LogP contribution in [0.3, 0.4) is 0 Å². The second-order valence-corrected chi connectivity index (χ2v) is 4.04. The third-order valence-electron chi connectivity index (χ3n) is 2.47. The quantitative estimate of drug-likeness (QED) is 0.611. The minimum atomic E-state index is -0.622. The Morgan fingerprint density at radius 1 is 1.35 bits per heavy atom. The minimum Gasteiger partial charge on any atom is -0.481 e. The summed E-state index contributed by atoms with van der Waals surface area (Å²) >= 11 is 0. The van der Waals surface area contributed by atoms with E-state index >= 15 is 0 Å². The third-order valence-corrected chi connectivity index (χ3v) is 2.47. The van der Waals surface area contributed by atoms with Gasteiger partial charge >= 0.3 is 5.97 Å². The van der Waals surface area contributed by atoms with Crippen molar-refractivity contribution in [3.63, 3.8) is 0 Å². The molecule has 0 aromatic heterocycles. The number of benzene rings is 1. The van der Waals surface area contributed by atoms with Crippen molar-refractivity contribution in [1.82, 2.24) is 5.32 Å². The molecule has 1 aromatic rings. The largest absolute Gasteiger partial charge is 0.481 e. The zero-order valence-corrected chi connectivity index (χ0v) is 11.7. The highest BCUT2D eigenvalue weighted by Crippen LogP contribution is 2.14. The third kappa shape index (κ3) is 4.76. The van der Waals surface area contributed by atoms with Crippen molar-refractivity contribution in [1.29, 1.82) is 0 Å². The Labute approximate surface area is 118 Å². The molecule has 1 aromatic carbocycles. The Bertz CT molecular complexity index is 467. The highest BCUT2D eigenvalue weighted by molar-refractivity contribution is 5.89. The van der Waals surface area contributed by atoms with Gasteiger partial charge in [0.1, 0.15) is 5.75 Å². The fourth-order valence-electron chi connectivity index (χ4n) is 1.46. The maximum absolute atomic E-state index is 11.6. The van der Waals surface area contributed by atoms with Crippen LogP contribution in [0.15, 0.2) is 36.9 Å². The highest BCUT2D eigenvalue weighted by atomic mass is 16.5.